The first-order chi connectivity index (χ1) is 9.91. The van der Waals surface area contributed by atoms with Gasteiger partial charge in [0.1, 0.15) is 16.6 Å². The SMILES string of the molecule is CC(c1ccccc1F)N(C)c1ccc(C(N)=S)cc1F. The molecule has 0 saturated heterocycles. The molecule has 0 spiro atoms. The van der Waals surface area contributed by atoms with Crippen molar-refractivity contribution >= 4 is 22.9 Å². The van der Waals surface area contributed by atoms with E-state index < -0.39 is 5.82 Å². The molecular formula is C16H16F2N2S. The highest BCUT2D eigenvalue weighted by Crippen LogP contribution is 2.29. The van der Waals surface area contributed by atoms with E-state index >= 15 is 0 Å². The van der Waals surface area contributed by atoms with Crippen molar-refractivity contribution in [3.63, 3.8) is 0 Å². The normalized spacial score (nSPS) is 12.0. The van der Waals surface area contributed by atoms with Gasteiger partial charge in [-0.05, 0) is 31.2 Å². The van der Waals surface area contributed by atoms with Crippen molar-refractivity contribution in [2.45, 2.75) is 13.0 Å². The van der Waals surface area contributed by atoms with Crippen LogP contribution in [-0.2, 0) is 0 Å². The zero-order valence-corrected chi connectivity index (χ0v) is 12.6. The van der Waals surface area contributed by atoms with E-state index in [0.29, 0.717) is 16.8 Å². The fourth-order valence-electron chi connectivity index (χ4n) is 2.18. The Labute approximate surface area is 128 Å². The highest BCUT2D eigenvalue weighted by atomic mass is 32.1. The molecule has 2 rings (SSSR count). The summed E-state index contributed by atoms with van der Waals surface area (Å²) in [4.78, 5) is 1.82. The largest absolute Gasteiger partial charge is 0.389 e. The summed E-state index contributed by atoms with van der Waals surface area (Å²) < 4.78 is 28.0. The molecule has 110 valence electrons. The zero-order chi connectivity index (χ0) is 15.6. The molecule has 1 atom stereocenters. The van der Waals surface area contributed by atoms with Gasteiger partial charge in [-0.3, -0.25) is 0 Å². The average Bonchev–Trinajstić information content (AvgIpc) is 2.46. The maximum absolute atomic E-state index is 14.2. The quantitative estimate of drug-likeness (QED) is 0.871. The third-order valence-corrected chi connectivity index (χ3v) is 3.78. The summed E-state index contributed by atoms with van der Waals surface area (Å²) in [5.74, 6) is -0.747. The molecule has 2 nitrogen and oxygen atoms in total. The summed E-state index contributed by atoms with van der Waals surface area (Å²) in [5, 5.41) is 0. The molecule has 0 aliphatic heterocycles. The fraction of sp³-hybridized carbons (Fsp3) is 0.188. The summed E-state index contributed by atoms with van der Waals surface area (Å²) in [5.41, 5.74) is 6.83. The Bertz CT molecular complexity index is 673. The second-order valence-corrected chi connectivity index (χ2v) is 5.28. The molecule has 0 heterocycles. The van der Waals surface area contributed by atoms with Gasteiger partial charge < -0.3 is 10.6 Å². The number of rotatable bonds is 4. The first kappa shape index (κ1) is 15.4. The van der Waals surface area contributed by atoms with Crippen LogP contribution in [0.15, 0.2) is 42.5 Å². The summed E-state index contributed by atoms with van der Waals surface area (Å²) in [6.45, 7) is 1.82. The van der Waals surface area contributed by atoms with E-state index in [4.69, 9.17) is 18.0 Å². The first-order valence-corrected chi connectivity index (χ1v) is 6.89. The van der Waals surface area contributed by atoms with Crippen molar-refractivity contribution in [1.82, 2.24) is 0 Å². The van der Waals surface area contributed by atoms with Crippen molar-refractivity contribution in [3.8, 4) is 0 Å². The predicted octanol–water partition coefficient (Wildman–Crippen LogP) is 3.80. The number of halogens is 2. The number of thiocarbonyl (C=S) groups is 1. The predicted molar refractivity (Wildman–Crippen MR) is 85.5 cm³/mol. The summed E-state index contributed by atoms with van der Waals surface area (Å²) >= 11 is 4.82. The molecule has 21 heavy (non-hydrogen) atoms. The van der Waals surface area contributed by atoms with Crippen LogP contribution >= 0.6 is 12.2 Å². The summed E-state index contributed by atoms with van der Waals surface area (Å²) in [6.07, 6.45) is 0. The molecule has 0 bridgehead atoms. The van der Waals surface area contributed by atoms with Crippen molar-refractivity contribution in [2.24, 2.45) is 5.73 Å². The van der Waals surface area contributed by atoms with E-state index in [2.05, 4.69) is 0 Å². The van der Waals surface area contributed by atoms with E-state index in [0.717, 1.165) is 0 Å². The maximum atomic E-state index is 14.2. The van der Waals surface area contributed by atoms with Crippen molar-refractivity contribution in [3.05, 3.63) is 65.2 Å². The van der Waals surface area contributed by atoms with Gasteiger partial charge in [0, 0.05) is 18.2 Å². The highest BCUT2D eigenvalue weighted by Gasteiger charge is 2.18. The molecule has 0 amide bonds. The average molecular weight is 306 g/mol. The summed E-state index contributed by atoms with van der Waals surface area (Å²) in [6, 6.07) is 10.7. The number of hydrogen-bond acceptors (Lipinski definition) is 2. The Morgan fingerprint density at radius 3 is 2.38 bits per heavy atom. The van der Waals surface area contributed by atoms with Crippen LogP contribution in [0.5, 0.6) is 0 Å². The van der Waals surface area contributed by atoms with Crippen molar-refractivity contribution in [1.29, 1.82) is 0 Å². The second kappa shape index (κ2) is 6.18. The van der Waals surface area contributed by atoms with Crippen molar-refractivity contribution < 1.29 is 8.78 Å². The Hall–Kier alpha value is -2.01. The van der Waals surface area contributed by atoms with Crippen LogP contribution in [-0.4, -0.2) is 12.0 Å². The Morgan fingerprint density at radius 1 is 1.14 bits per heavy atom. The molecule has 0 aliphatic rings. The van der Waals surface area contributed by atoms with Crippen LogP contribution in [0.3, 0.4) is 0 Å². The number of anilines is 1. The lowest BCUT2D eigenvalue weighted by Crippen LogP contribution is -2.23. The van der Waals surface area contributed by atoms with Crippen LogP contribution in [0.2, 0.25) is 0 Å². The molecule has 0 fully saturated rings. The third-order valence-electron chi connectivity index (χ3n) is 3.55. The van der Waals surface area contributed by atoms with Crippen LogP contribution in [0.25, 0.3) is 0 Å². The van der Waals surface area contributed by atoms with Gasteiger partial charge in [-0.15, -0.1) is 0 Å². The molecule has 0 aliphatic carbocycles. The van der Waals surface area contributed by atoms with Gasteiger partial charge in [0.25, 0.3) is 0 Å². The van der Waals surface area contributed by atoms with Gasteiger partial charge in [0.15, 0.2) is 0 Å². The van der Waals surface area contributed by atoms with Gasteiger partial charge in [0.2, 0.25) is 0 Å². The number of hydrogen-bond donors (Lipinski definition) is 1. The van der Waals surface area contributed by atoms with Crippen LogP contribution < -0.4 is 10.6 Å². The van der Waals surface area contributed by atoms with Gasteiger partial charge in [-0.1, -0.05) is 30.4 Å². The molecule has 0 aromatic heterocycles. The minimum absolute atomic E-state index is 0.144. The zero-order valence-electron chi connectivity index (χ0n) is 11.8. The molecule has 0 radical (unpaired) electrons. The molecular weight excluding hydrogens is 290 g/mol. The van der Waals surface area contributed by atoms with Crippen LogP contribution in [0, 0.1) is 11.6 Å². The van der Waals surface area contributed by atoms with E-state index in [1.165, 1.54) is 12.1 Å². The Kier molecular flexibility index (Phi) is 4.53. The van der Waals surface area contributed by atoms with Crippen molar-refractivity contribution in [2.75, 3.05) is 11.9 Å². The van der Waals surface area contributed by atoms with Gasteiger partial charge in [-0.2, -0.15) is 0 Å². The topological polar surface area (TPSA) is 29.3 Å². The summed E-state index contributed by atoms with van der Waals surface area (Å²) in [7, 11) is 1.72. The third kappa shape index (κ3) is 3.19. The number of nitrogens with two attached hydrogens (primary N) is 1. The van der Waals surface area contributed by atoms with Crippen LogP contribution in [0.1, 0.15) is 24.1 Å². The maximum Gasteiger partial charge on any atom is 0.147 e. The molecule has 0 saturated carbocycles. The smallest absolute Gasteiger partial charge is 0.147 e. The van der Waals surface area contributed by atoms with E-state index in [9.17, 15) is 8.78 Å². The van der Waals surface area contributed by atoms with Gasteiger partial charge in [0.05, 0.1) is 11.7 Å². The van der Waals surface area contributed by atoms with E-state index in [1.807, 2.05) is 6.92 Å². The minimum atomic E-state index is -0.439. The van der Waals surface area contributed by atoms with E-state index in [-0.39, 0.29) is 16.8 Å². The van der Waals surface area contributed by atoms with Gasteiger partial charge in [-0.25, -0.2) is 8.78 Å². The Balaban J connectivity index is 2.34. The highest BCUT2D eigenvalue weighted by molar-refractivity contribution is 7.80. The lowest BCUT2D eigenvalue weighted by Gasteiger charge is -2.28. The Morgan fingerprint density at radius 2 is 1.81 bits per heavy atom. The molecule has 1 unspecified atom stereocenters. The van der Waals surface area contributed by atoms with Crippen LogP contribution in [0.4, 0.5) is 14.5 Å². The first-order valence-electron chi connectivity index (χ1n) is 6.48. The molecule has 2 N–H and O–H groups in total. The molecule has 2 aromatic carbocycles. The standard InChI is InChI=1S/C16H16F2N2S/c1-10(12-5-3-4-6-13(12)17)20(2)15-8-7-11(16(19)21)9-14(15)18/h3-10H,1-2H3,(H2,19,21). The minimum Gasteiger partial charge on any atom is -0.389 e. The molecule has 2 aromatic rings. The van der Waals surface area contributed by atoms with E-state index in [1.54, 1.807) is 42.3 Å². The number of nitrogens with zero attached hydrogens (tertiary/aromatic N) is 1. The van der Waals surface area contributed by atoms with Gasteiger partial charge >= 0.3 is 0 Å². The number of benzene rings is 2. The second-order valence-electron chi connectivity index (χ2n) is 4.84. The lowest BCUT2D eigenvalue weighted by atomic mass is 10.1. The lowest BCUT2D eigenvalue weighted by molar-refractivity contribution is 0.575. The monoisotopic (exact) mass is 306 g/mol. The molecule has 5 heteroatoms. The fourth-order valence-corrected chi connectivity index (χ4v) is 2.30.